The number of carbonyl (C=O) groups excluding carboxylic acids is 1. The van der Waals surface area contributed by atoms with Crippen molar-refractivity contribution in [2.75, 3.05) is 6.54 Å². The van der Waals surface area contributed by atoms with E-state index in [4.69, 9.17) is 12.2 Å². The third-order valence-corrected chi connectivity index (χ3v) is 4.79. The largest absolute Gasteiger partial charge is 0.336 e. The Labute approximate surface area is 133 Å². The van der Waals surface area contributed by atoms with Gasteiger partial charge in [0.05, 0.1) is 10.9 Å². The van der Waals surface area contributed by atoms with E-state index < -0.39 is 0 Å². The molecule has 0 spiro atoms. The van der Waals surface area contributed by atoms with E-state index in [1.807, 2.05) is 4.90 Å². The van der Waals surface area contributed by atoms with Crippen LogP contribution in [0.4, 0.5) is 0 Å². The van der Waals surface area contributed by atoms with Crippen LogP contribution in [0, 0.1) is 4.77 Å². The summed E-state index contributed by atoms with van der Waals surface area (Å²) in [4.78, 5) is 29.8. The van der Waals surface area contributed by atoms with Gasteiger partial charge >= 0.3 is 0 Å². The van der Waals surface area contributed by atoms with Crippen LogP contribution in [0.25, 0.3) is 10.9 Å². The molecule has 1 fully saturated rings. The van der Waals surface area contributed by atoms with Crippen molar-refractivity contribution in [1.82, 2.24) is 14.5 Å². The summed E-state index contributed by atoms with van der Waals surface area (Å²) in [5.41, 5.74) is 1.06. The second kappa shape index (κ2) is 5.68. The Hall–Kier alpha value is -1.95. The molecule has 1 N–H and O–H groups in total. The number of carbonyl (C=O) groups is 1. The number of H-pyrrole nitrogens is 1. The van der Waals surface area contributed by atoms with Gasteiger partial charge in [-0.15, -0.1) is 0 Å². The van der Waals surface area contributed by atoms with E-state index >= 15 is 0 Å². The van der Waals surface area contributed by atoms with E-state index in [2.05, 4.69) is 11.9 Å². The lowest BCUT2D eigenvalue weighted by atomic mass is 10.0. The Morgan fingerprint density at radius 1 is 1.36 bits per heavy atom. The fourth-order valence-electron chi connectivity index (χ4n) is 3.00. The Morgan fingerprint density at radius 3 is 2.86 bits per heavy atom. The third kappa shape index (κ3) is 2.47. The summed E-state index contributed by atoms with van der Waals surface area (Å²) < 4.78 is 1.75. The van der Waals surface area contributed by atoms with Gasteiger partial charge in [0.2, 0.25) is 0 Å². The van der Waals surface area contributed by atoms with Gasteiger partial charge in [0.15, 0.2) is 4.77 Å². The number of hydrogen-bond acceptors (Lipinski definition) is 3. The zero-order valence-corrected chi connectivity index (χ0v) is 13.6. The summed E-state index contributed by atoms with van der Waals surface area (Å²) >= 11 is 5.13. The lowest BCUT2D eigenvalue weighted by molar-refractivity contribution is 0.0636. The van der Waals surface area contributed by atoms with Crippen LogP contribution in [0.5, 0.6) is 0 Å². The van der Waals surface area contributed by atoms with Gasteiger partial charge in [0.1, 0.15) is 0 Å². The molecule has 2 aromatic rings. The second-order valence-electron chi connectivity index (χ2n) is 5.90. The molecule has 3 rings (SSSR count). The highest BCUT2D eigenvalue weighted by Crippen LogP contribution is 2.20. The number of benzene rings is 1. The Bertz CT molecular complexity index is 853. The predicted octanol–water partition coefficient (Wildman–Crippen LogP) is 2.61. The van der Waals surface area contributed by atoms with E-state index in [0.29, 0.717) is 21.2 Å². The highest BCUT2D eigenvalue weighted by Gasteiger charge is 2.24. The van der Waals surface area contributed by atoms with Gasteiger partial charge in [0.25, 0.3) is 11.5 Å². The van der Waals surface area contributed by atoms with E-state index in [-0.39, 0.29) is 17.5 Å². The van der Waals surface area contributed by atoms with Crippen molar-refractivity contribution in [2.24, 2.45) is 7.05 Å². The molecule has 1 saturated heterocycles. The van der Waals surface area contributed by atoms with Crippen molar-refractivity contribution in [3.8, 4) is 0 Å². The first-order chi connectivity index (χ1) is 10.5. The summed E-state index contributed by atoms with van der Waals surface area (Å²) in [6.07, 6.45) is 3.26. The van der Waals surface area contributed by atoms with E-state index in [1.165, 1.54) is 11.0 Å². The fourth-order valence-corrected chi connectivity index (χ4v) is 3.20. The van der Waals surface area contributed by atoms with Gasteiger partial charge < -0.3 is 9.88 Å². The van der Waals surface area contributed by atoms with E-state index in [0.717, 1.165) is 19.4 Å². The van der Waals surface area contributed by atoms with Crippen LogP contribution in [-0.4, -0.2) is 32.9 Å². The minimum absolute atomic E-state index is 0.0223. The first-order valence-electron chi connectivity index (χ1n) is 7.53. The lowest BCUT2D eigenvalue weighted by Crippen LogP contribution is -2.42. The highest BCUT2D eigenvalue weighted by atomic mass is 32.1. The van der Waals surface area contributed by atoms with Gasteiger partial charge in [-0.05, 0) is 56.6 Å². The van der Waals surface area contributed by atoms with Crippen LogP contribution in [-0.2, 0) is 7.05 Å². The number of fused-ring (bicyclic) bond motifs is 1. The molecule has 0 unspecified atom stereocenters. The highest BCUT2D eigenvalue weighted by molar-refractivity contribution is 7.71. The van der Waals surface area contributed by atoms with Crippen LogP contribution in [0.2, 0.25) is 0 Å². The predicted molar refractivity (Wildman–Crippen MR) is 88.7 cm³/mol. The van der Waals surface area contributed by atoms with Crippen LogP contribution in [0.15, 0.2) is 23.0 Å². The van der Waals surface area contributed by atoms with E-state index in [9.17, 15) is 9.59 Å². The first-order valence-corrected chi connectivity index (χ1v) is 7.94. The van der Waals surface area contributed by atoms with Crippen LogP contribution < -0.4 is 5.56 Å². The van der Waals surface area contributed by atoms with Crippen molar-refractivity contribution >= 4 is 29.0 Å². The SMILES string of the molecule is C[C@H]1CCCCN1C(=O)c1ccc2c(=O)n(C)c(=S)[nH]c2c1. The smallest absolute Gasteiger partial charge is 0.261 e. The first kappa shape index (κ1) is 15.0. The molecular formula is C16H19N3O2S. The maximum absolute atomic E-state index is 12.7. The molecule has 1 aliphatic rings. The summed E-state index contributed by atoms with van der Waals surface area (Å²) in [5, 5.41) is 0.541. The number of rotatable bonds is 1. The summed E-state index contributed by atoms with van der Waals surface area (Å²) in [6.45, 7) is 2.88. The maximum atomic E-state index is 12.7. The molecule has 6 heteroatoms. The summed E-state index contributed by atoms with van der Waals surface area (Å²) in [5.74, 6) is 0.0223. The molecule has 116 valence electrons. The standard InChI is InChI=1S/C16H19N3O2S/c1-10-5-3-4-8-19(10)14(20)11-6-7-12-13(9-11)17-16(22)18(2)15(12)21/h6-7,9-10H,3-5,8H2,1-2H3,(H,17,22)/t10-/m0/s1. The lowest BCUT2D eigenvalue weighted by Gasteiger charge is -2.33. The normalized spacial score (nSPS) is 18.6. The van der Waals surface area contributed by atoms with Crippen molar-refractivity contribution in [2.45, 2.75) is 32.2 Å². The van der Waals surface area contributed by atoms with Gasteiger partial charge in [-0.1, -0.05) is 0 Å². The second-order valence-corrected chi connectivity index (χ2v) is 6.28. The maximum Gasteiger partial charge on any atom is 0.261 e. The van der Waals surface area contributed by atoms with Crippen molar-refractivity contribution < 1.29 is 4.79 Å². The van der Waals surface area contributed by atoms with Crippen LogP contribution in [0.1, 0.15) is 36.5 Å². The Balaban J connectivity index is 2.05. The van der Waals surface area contributed by atoms with Gasteiger partial charge in [-0.3, -0.25) is 14.2 Å². The molecule has 1 aromatic carbocycles. The number of nitrogens with zero attached hydrogens (tertiary/aromatic N) is 2. The van der Waals surface area contributed by atoms with Crippen molar-refractivity contribution in [3.05, 3.63) is 38.9 Å². The van der Waals surface area contributed by atoms with Gasteiger partial charge in [-0.25, -0.2) is 0 Å². The zero-order chi connectivity index (χ0) is 15.9. The zero-order valence-electron chi connectivity index (χ0n) is 12.8. The molecule has 1 amide bonds. The minimum Gasteiger partial charge on any atom is -0.336 e. The molecule has 0 bridgehead atoms. The van der Waals surface area contributed by atoms with Gasteiger partial charge in [0, 0.05) is 25.2 Å². The molecule has 1 atom stereocenters. The fraction of sp³-hybridized carbons (Fsp3) is 0.438. The molecule has 1 aliphatic heterocycles. The molecule has 0 saturated carbocycles. The molecule has 1 aromatic heterocycles. The molecule has 22 heavy (non-hydrogen) atoms. The van der Waals surface area contributed by atoms with Crippen molar-refractivity contribution in [1.29, 1.82) is 0 Å². The Morgan fingerprint density at radius 2 is 2.14 bits per heavy atom. The molecule has 0 radical (unpaired) electrons. The van der Waals surface area contributed by atoms with Crippen LogP contribution in [0.3, 0.4) is 0 Å². The summed E-state index contributed by atoms with van der Waals surface area (Å²) in [7, 11) is 1.63. The number of aromatic nitrogens is 2. The Kier molecular flexibility index (Phi) is 3.87. The summed E-state index contributed by atoms with van der Waals surface area (Å²) in [6, 6.07) is 5.42. The number of likely N-dealkylation sites (tertiary alicyclic amines) is 1. The van der Waals surface area contributed by atoms with Gasteiger partial charge in [-0.2, -0.15) is 0 Å². The molecular weight excluding hydrogens is 298 g/mol. The molecule has 2 heterocycles. The molecule has 5 nitrogen and oxygen atoms in total. The van der Waals surface area contributed by atoms with E-state index in [1.54, 1.807) is 25.2 Å². The average Bonchev–Trinajstić information content (AvgIpc) is 2.52. The van der Waals surface area contributed by atoms with Crippen molar-refractivity contribution in [3.63, 3.8) is 0 Å². The molecule has 0 aliphatic carbocycles. The topological polar surface area (TPSA) is 58.1 Å². The number of piperidine rings is 1. The quantitative estimate of drug-likeness (QED) is 0.823. The number of nitrogens with one attached hydrogen (secondary N) is 1. The number of aromatic amines is 1. The number of amides is 1. The third-order valence-electron chi connectivity index (χ3n) is 4.41. The monoisotopic (exact) mass is 317 g/mol. The average molecular weight is 317 g/mol. The minimum atomic E-state index is -0.149. The van der Waals surface area contributed by atoms with Crippen LogP contribution >= 0.6 is 12.2 Å². The number of hydrogen-bond donors (Lipinski definition) is 1.